The van der Waals surface area contributed by atoms with Crippen molar-refractivity contribution in [2.24, 2.45) is 7.05 Å². The van der Waals surface area contributed by atoms with Crippen LogP contribution in [0.3, 0.4) is 0 Å². The maximum atomic E-state index is 12.8. The zero-order valence-electron chi connectivity index (χ0n) is 22.7. The summed E-state index contributed by atoms with van der Waals surface area (Å²) in [5.41, 5.74) is 3.50. The molecule has 0 spiro atoms. The highest BCUT2D eigenvalue weighted by molar-refractivity contribution is 7.92. The molecule has 4 rings (SSSR count). The number of nitrogens with zero attached hydrogens (tertiary/aromatic N) is 5. The Balaban J connectivity index is 1.60. The lowest BCUT2D eigenvalue weighted by Crippen LogP contribution is -2.32. The molecule has 0 atom stereocenters. The van der Waals surface area contributed by atoms with Crippen LogP contribution in [0.2, 0.25) is 5.02 Å². The molecule has 12 heteroatoms. The van der Waals surface area contributed by atoms with Crippen molar-refractivity contribution in [3.8, 4) is 5.75 Å². The predicted molar refractivity (Wildman–Crippen MR) is 151 cm³/mol. The molecular weight excluding hydrogens is 526 g/mol. The quantitative estimate of drug-likeness (QED) is 0.370. The number of benzene rings is 1. The average Bonchev–Trinajstić information content (AvgIpc) is 3.27. The van der Waals surface area contributed by atoms with Gasteiger partial charge in [-0.3, -0.25) is 4.68 Å². The number of rotatable bonds is 9. The summed E-state index contributed by atoms with van der Waals surface area (Å²) in [6.07, 6.45) is 5.30. The Morgan fingerprint density at radius 2 is 1.89 bits per heavy atom. The van der Waals surface area contributed by atoms with E-state index in [4.69, 9.17) is 16.3 Å². The minimum absolute atomic E-state index is 0.0585. The Morgan fingerprint density at radius 1 is 1.18 bits per heavy atom. The van der Waals surface area contributed by atoms with Crippen molar-refractivity contribution in [3.05, 3.63) is 40.7 Å². The highest BCUT2D eigenvalue weighted by Crippen LogP contribution is 2.38. The number of likely N-dealkylation sites (tertiary alicyclic amines) is 1. The lowest BCUT2D eigenvalue weighted by molar-refractivity contribution is 0.222. The number of hydrogen-bond donors (Lipinski definition) is 2. The summed E-state index contributed by atoms with van der Waals surface area (Å²) in [5, 5.41) is 9.97. The van der Waals surface area contributed by atoms with Gasteiger partial charge < -0.3 is 20.3 Å². The van der Waals surface area contributed by atoms with Crippen molar-refractivity contribution in [1.82, 2.24) is 24.6 Å². The molecule has 0 radical (unpaired) electrons. The Labute approximate surface area is 229 Å². The molecule has 1 aromatic carbocycles. The third kappa shape index (κ3) is 5.89. The summed E-state index contributed by atoms with van der Waals surface area (Å²) in [5.74, 6) is 1.75. The van der Waals surface area contributed by atoms with E-state index in [0.717, 1.165) is 38.2 Å². The Hall–Kier alpha value is -2.89. The van der Waals surface area contributed by atoms with Crippen molar-refractivity contribution in [2.75, 3.05) is 37.4 Å². The molecule has 2 aromatic heterocycles. The zero-order chi connectivity index (χ0) is 27.6. The summed E-state index contributed by atoms with van der Waals surface area (Å²) in [4.78, 5) is 11.3. The van der Waals surface area contributed by atoms with Crippen molar-refractivity contribution in [3.63, 3.8) is 0 Å². The molecule has 206 valence electrons. The highest BCUT2D eigenvalue weighted by atomic mass is 35.5. The third-order valence-corrected chi connectivity index (χ3v) is 9.35. The van der Waals surface area contributed by atoms with E-state index >= 15 is 0 Å². The maximum Gasteiger partial charge on any atom is 0.229 e. The molecule has 1 aliphatic rings. The molecule has 2 N–H and O–H groups in total. The number of hydrogen-bond acceptors (Lipinski definition) is 9. The van der Waals surface area contributed by atoms with E-state index in [2.05, 4.69) is 56.6 Å². The van der Waals surface area contributed by atoms with Gasteiger partial charge >= 0.3 is 0 Å². The predicted octanol–water partition coefficient (Wildman–Crippen LogP) is 5.05. The van der Waals surface area contributed by atoms with E-state index in [-0.39, 0.29) is 21.8 Å². The monoisotopic (exact) mass is 561 g/mol. The molecule has 3 heterocycles. The molecule has 1 fully saturated rings. The van der Waals surface area contributed by atoms with E-state index < -0.39 is 15.1 Å². The number of aromatic nitrogens is 4. The molecule has 1 saturated heterocycles. The second-order valence-electron chi connectivity index (χ2n) is 9.87. The van der Waals surface area contributed by atoms with Crippen LogP contribution in [0.4, 0.5) is 23.1 Å². The van der Waals surface area contributed by atoms with Gasteiger partial charge in [0.1, 0.15) is 10.8 Å². The topological polar surface area (TPSA) is 114 Å². The van der Waals surface area contributed by atoms with Crippen molar-refractivity contribution in [1.29, 1.82) is 0 Å². The fraction of sp³-hybridized carbons (Fsp3) is 0.500. The van der Waals surface area contributed by atoms with Crippen LogP contribution in [0.1, 0.15) is 50.7 Å². The lowest BCUT2D eigenvalue weighted by atomic mass is 9.86. The molecular formula is C26H36ClN7O3S. The SMILES string of the molecule is CCN1CCC(c2cc(OC)c(Nc3ncc(Cl)c(Nc4cn(C)nc4S(=O)(=O)C(C)C)n3)cc2C)CC1. The van der Waals surface area contributed by atoms with Crippen LogP contribution >= 0.6 is 11.6 Å². The van der Waals surface area contributed by atoms with Gasteiger partial charge in [-0.15, -0.1) is 0 Å². The molecule has 3 aromatic rings. The molecule has 0 amide bonds. The van der Waals surface area contributed by atoms with Crippen LogP contribution in [-0.2, 0) is 16.9 Å². The minimum atomic E-state index is -3.63. The zero-order valence-corrected chi connectivity index (χ0v) is 24.3. The van der Waals surface area contributed by atoms with E-state index in [1.165, 1.54) is 22.0 Å². The number of aryl methyl sites for hydroxylation is 2. The number of piperidine rings is 1. The summed E-state index contributed by atoms with van der Waals surface area (Å²) in [6, 6.07) is 4.16. The van der Waals surface area contributed by atoms with Crippen LogP contribution < -0.4 is 15.4 Å². The van der Waals surface area contributed by atoms with Crippen molar-refractivity contribution < 1.29 is 13.2 Å². The minimum Gasteiger partial charge on any atom is -0.495 e. The first kappa shape index (κ1) is 28.1. The highest BCUT2D eigenvalue weighted by Gasteiger charge is 2.27. The smallest absolute Gasteiger partial charge is 0.229 e. The first-order valence-electron chi connectivity index (χ1n) is 12.8. The van der Waals surface area contributed by atoms with E-state index in [0.29, 0.717) is 17.4 Å². The Morgan fingerprint density at radius 3 is 2.53 bits per heavy atom. The lowest BCUT2D eigenvalue weighted by Gasteiger charge is -2.32. The largest absolute Gasteiger partial charge is 0.495 e. The first-order chi connectivity index (χ1) is 18.0. The molecule has 10 nitrogen and oxygen atoms in total. The van der Waals surface area contributed by atoms with Crippen LogP contribution in [0.25, 0.3) is 0 Å². The van der Waals surface area contributed by atoms with Gasteiger partial charge in [-0.25, -0.2) is 13.4 Å². The Kier molecular flexibility index (Phi) is 8.49. The molecule has 0 aliphatic carbocycles. The molecule has 0 unspecified atom stereocenters. The number of methoxy groups -OCH3 is 1. The van der Waals surface area contributed by atoms with Crippen molar-refractivity contribution in [2.45, 2.75) is 56.7 Å². The third-order valence-electron chi connectivity index (χ3n) is 6.99. The summed E-state index contributed by atoms with van der Waals surface area (Å²) in [7, 11) is -0.322. The second-order valence-corrected chi connectivity index (χ2v) is 12.7. The summed E-state index contributed by atoms with van der Waals surface area (Å²) < 4.78 is 32.8. The van der Waals surface area contributed by atoms with Crippen LogP contribution in [0.5, 0.6) is 5.75 Å². The normalized spacial score (nSPS) is 15.2. The second kappa shape index (κ2) is 11.5. The fourth-order valence-corrected chi connectivity index (χ4v) is 5.96. The van der Waals surface area contributed by atoms with Gasteiger partial charge in [0.05, 0.1) is 29.9 Å². The first-order valence-corrected chi connectivity index (χ1v) is 14.7. The van der Waals surface area contributed by atoms with Gasteiger partial charge in [0, 0.05) is 13.2 Å². The standard InChI is InChI=1S/C26H36ClN7O3S/c1-7-34-10-8-18(9-11-34)19-13-23(37-6)21(12-17(19)4)30-26-28-14-20(27)24(31-26)29-22-15-33(5)32-25(22)38(35,36)16(2)3/h12-16,18H,7-11H2,1-6H3,(H2,28,29,30,31). The van der Waals surface area contributed by atoms with Gasteiger partial charge in [-0.1, -0.05) is 18.5 Å². The van der Waals surface area contributed by atoms with Gasteiger partial charge in [0.15, 0.2) is 5.82 Å². The van der Waals surface area contributed by atoms with Crippen LogP contribution in [-0.4, -0.2) is 65.1 Å². The number of sulfone groups is 1. The average molecular weight is 562 g/mol. The number of anilines is 4. The number of ether oxygens (including phenoxy) is 1. The van der Waals surface area contributed by atoms with Gasteiger partial charge in [-0.2, -0.15) is 10.1 Å². The van der Waals surface area contributed by atoms with E-state index in [9.17, 15) is 8.42 Å². The van der Waals surface area contributed by atoms with Gasteiger partial charge in [0.25, 0.3) is 0 Å². The van der Waals surface area contributed by atoms with Crippen LogP contribution in [0.15, 0.2) is 29.6 Å². The summed E-state index contributed by atoms with van der Waals surface area (Å²) >= 11 is 6.38. The van der Waals surface area contributed by atoms with Gasteiger partial charge in [0.2, 0.25) is 20.8 Å². The van der Waals surface area contributed by atoms with E-state index in [1.807, 2.05) is 0 Å². The maximum absolute atomic E-state index is 12.8. The molecule has 38 heavy (non-hydrogen) atoms. The molecule has 0 bridgehead atoms. The Bertz CT molecular complexity index is 1400. The van der Waals surface area contributed by atoms with Crippen molar-refractivity contribution >= 4 is 44.6 Å². The molecule has 0 saturated carbocycles. The molecule has 1 aliphatic heterocycles. The number of nitrogens with one attached hydrogen (secondary N) is 2. The summed E-state index contributed by atoms with van der Waals surface area (Å²) in [6.45, 7) is 10.8. The van der Waals surface area contributed by atoms with E-state index in [1.54, 1.807) is 34.2 Å². The number of halogens is 1. The van der Waals surface area contributed by atoms with Crippen LogP contribution in [0, 0.1) is 6.92 Å². The van der Waals surface area contributed by atoms with Gasteiger partial charge in [-0.05, 0) is 82.4 Å². The fourth-order valence-electron chi connectivity index (χ4n) is 4.72.